The van der Waals surface area contributed by atoms with Crippen molar-refractivity contribution < 1.29 is 9.53 Å². The van der Waals surface area contributed by atoms with Crippen molar-refractivity contribution in [1.82, 2.24) is 14.7 Å². The highest BCUT2D eigenvalue weighted by molar-refractivity contribution is 7.09. The highest BCUT2D eigenvalue weighted by Gasteiger charge is 2.14. The molecule has 0 aliphatic rings. The van der Waals surface area contributed by atoms with Crippen LogP contribution in [0.1, 0.15) is 31.2 Å². The fraction of sp³-hybridized carbons (Fsp3) is 0.500. The van der Waals surface area contributed by atoms with E-state index < -0.39 is 0 Å². The summed E-state index contributed by atoms with van der Waals surface area (Å²) < 4.78 is 9.65. The number of anilines is 1. The van der Waals surface area contributed by atoms with Gasteiger partial charge in [-0.3, -0.25) is 4.79 Å². The molecule has 1 amide bonds. The summed E-state index contributed by atoms with van der Waals surface area (Å²) in [6.45, 7) is 4.65. The molecule has 7 heteroatoms. The Bertz CT molecular complexity index is 633. The molecule has 1 N–H and O–H groups in total. The van der Waals surface area contributed by atoms with Gasteiger partial charge in [-0.2, -0.15) is 4.37 Å². The lowest BCUT2D eigenvalue weighted by Crippen LogP contribution is -2.33. The predicted molar refractivity (Wildman–Crippen MR) is 101 cm³/mol. The summed E-state index contributed by atoms with van der Waals surface area (Å²) in [4.78, 5) is 18.6. The van der Waals surface area contributed by atoms with Gasteiger partial charge in [0.1, 0.15) is 5.82 Å². The molecule has 25 heavy (non-hydrogen) atoms. The maximum atomic E-state index is 11.9. The largest absolute Gasteiger partial charge is 0.383 e. The van der Waals surface area contributed by atoms with E-state index >= 15 is 0 Å². The number of amides is 1. The van der Waals surface area contributed by atoms with E-state index in [1.165, 1.54) is 17.1 Å². The molecule has 0 radical (unpaired) electrons. The molecule has 136 valence electrons. The van der Waals surface area contributed by atoms with Crippen LogP contribution in [-0.2, 0) is 16.0 Å². The number of hydrogen-bond acceptors (Lipinski definition) is 6. The van der Waals surface area contributed by atoms with Gasteiger partial charge in [-0.25, -0.2) is 4.98 Å². The molecule has 0 atom stereocenters. The number of benzene rings is 1. The molecule has 6 nitrogen and oxygen atoms in total. The molecule has 0 fully saturated rings. The van der Waals surface area contributed by atoms with Crippen LogP contribution in [0.2, 0.25) is 0 Å². The van der Waals surface area contributed by atoms with E-state index in [0.717, 1.165) is 23.9 Å². The van der Waals surface area contributed by atoms with Crippen molar-refractivity contribution in [1.29, 1.82) is 0 Å². The Hall–Kier alpha value is -1.99. The van der Waals surface area contributed by atoms with E-state index in [-0.39, 0.29) is 5.91 Å². The molecule has 0 unspecified atom stereocenters. The fourth-order valence-electron chi connectivity index (χ4n) is 2.32. The molecule has 2 rings (SSSR count). The summed E-state index contributed by atoms with van der Waals surface area (Å²) in [6, 6.07) is 10.2. The molecule has 0 saturated carbocycles. The molecule has 2 aromatic rings. The van der Waals surface area contributed by atoms with Gasteiger partial charge in [0.05, 0.1) is 6.61 Å². The molecule has 0 spiro atoms. The van der Waals surface area contributed by atoms with Crippen molar-refractivity contribution >= 4 is 22.6 Å². The van der Waals surface area contributed by atoms with Crippen molar-refractivity contribution in [3.63, 3.8) is 0 Å². The Labute approximate surface area is 153 Å². The number of ether oxygens (including phenoxy) is 1. The number of carbonyl (C=O) groups is 1. The third-order valence-corrected chi connectivity index (χ3v) is 4.49. The second kappa shape index (κ2) is 10.8. The van der Waals surface area contributed by atoms with Crippen LogP contribution in [0.25, 0.3) is 0 Å². The molecular formula is C18H26N4O2S. The third-order valence-electron chi connectivity index (χ3n) is 3.68. The summed E-state index contributed by atoms with van der Waals surface area (Å²) >= 11 is 1.37. The lowest BCUT2D eigenvalue weighted by Gasteiger charge is -2.20. The average Bonchev–Trinajstić information content (AvgIpc) is 3.09. The Kier molecular flexibility index (Phi) is 8.34. The summed E-state index contributed by atoms with van der Waals surface area (Å²) in [5.74, 6) is 0.877. The Morgan fingerprint density at radius 3 is 2.80 bits per heavy atom. The van der Waals surface area contributed by atoms with E-state index in [0.29, 0.717) is 32.5 Å². The Morgan fingerprint density at radius 2 is 2.08 bits per heavy atom. The van der Waals surface area contributed by atoms with Gasteiger partial charge in [0.2, 0.25) is 11.0 Å². The SMILES string of the molecule is CCCNC(=O)CCN(CCOC)c1nc(Cc2ccccc2)ns1. The summed E-state index contributed by atoms with van der Waals surface area (Å²) in [5, 5.41) is 3.74. The normalized spacial score (nSPS) is 10.6. The minimum atomic E-state index is 0.0679. The topological polar surface area (TPSA) is 67.4 Å². The molecule has 0 aliphatic heterocycles. The molecule has 1 aromatic carbocycles. The molecule has 0 bridgehead atoms. The van der Waals surface area contributed by atoms with E-state index in [9.17, 15) is 4.79 Å². The molecule has 1 heterocycles. The van der Waals surface area contributed by atoms with Crippen molar-refractivity contribution in [2.24, 2.45) is 0 Å². The van der Waals surface area contributed by atoms with Crippen LogP contribution in [0, 0.1) is 0 Å². The lowest BCUT2D eigenvalue weighted by atomic mass is 10.1. The van der Waals surface area contributed by atoms with Gasteiger partial charge in [-0.05, 0) is 12.0 Å². The number of nitrogens with one attached hydrogen (secondary N) is 1. The van der Waals surface area contributed by atoms with Crippen molar-refractivity contribution in [2.75, 3.05) is 38.3 Å². The molecule has 0 saturated heterocycles. The van der Waals surface area contributed by atoms with Gasteiger partial charge in [0.15, 0.2) is 0 Å². The van der Waals surface area contributed by atoms with Crippen LogP contribution in [0.15, 0.2) is 30.3 Å². The van der Waals surface area contributed by atoms with Crippen molar-refractivity contribution in [2.45, 2.75) is 26.2 Å². The number of hydrogen-bond donors (Lipinski definition) is 1. The Morgan fingerprint density at radius 1 is 1.28 bits per heavy atom. The van der Waals surface area contributed by atoms with E-state index in [4.69, 9.17) is 4.74 Å². The van der Waals surface area contributed by atoms with Gasteiger partial charge >= 0.3 is 0 Å². The molecule has 1 aromatic heterocycles. The lowest BCUT2D eigenvalue weighted by molar-refractivity contribution is -0.120. The average molecular weight is 362 g/mol. The van der Waals surface area contributed by atoms with Crippen LogP contribution in [0.3, 0.4) is 0 Å². The van der Waals surface area contributed by atoms with Crippen LogP contribution in [0.5, 0.6) is 0 Å². The summed E-state index contributed by atoms with van der Waals surface area (Å²) in [7, 11) is 1.67. The zero-order chi connectivity index (χ0) is 17.9. The van der Waals surface area contributed by atoms with E-state index in [1.807, 2.05) is 25.1 Å². The first-order valence-electron chi connectivity index (χ1n) is 8.60. The molecule has 0 aliphatic carbocycles. The minimum absolute atomic E-state index is 0.0679. The first-order chi connectivity index (χ1) is 12.2. The van der Waals surface area contributed by atoms with Crippen LogP contribution in [-0.4, -0.2) is 48.6 Å². The number of nitrogens with zero attached hydrogens (tertiary/aromatic N) is 3. The number of methoxy groups -OCH3 is 1. The maximum Gasteiger partial charge on any atom is 0.221 e. The highest BCUT2D eigenvalue weighted by Crippen LogP contribution is 2.19. The third kappa shape index (κ3) is 6.80. The maximum absolute atomic E-state index is 11.9. The van der Waals surface area contributed by atoms with Crippen LogP contribution in [0.4, 0.5) is 5.13 Å². The standard InChI is InChI=1S/C18H26N4O2S/c1-3-10-19-17(23)9-11-22(12-13-24-2)18-20-16(21-25-18)14-15-7-5-4-6-8-15/h4-8H,3,9-14H2,1-2H3,(H,19,23). The van der Waals surface area contributed by atoms with Crippen LogP contribution < -0.4 is 10.2 Å². The van der Waals surface area contributed by atoms with Gasteiger partial charge in [0, 0.05) is 51.1 Å². The first-order valence-corrected chi connectivity index (χ1v) is 9.37. The first kappa shape index (κ1) is 19.3. The predicted octanol–water partition coefficient (Wildman–Crippen LogP) is 2.50. The number of aromatic nitrogens is 2. The van der Waals surface area contributed by atoms with Gasteiger partial charge in [-0.15, -0.1) is 0 Å². The van der Waals surface area contributed by atoms with Crippen molar-refractivity contribution in [3.05, 3.63) is 41.7 Å². The summed E-state index contributed by atoms with van der Waals surface area (Å²) in [6.07, 6.45) is 2.10. The van der Waals surface area contributed by atoms with Gasteiger partial charge in [0.25, 0.3) is 0 Å². The second-order valence-corrected chi connectivity index (χ2v) is 6.47. The van der Waals surface area contributed by atoms with E-state index in [1.54, 1.807) is 7.11 Å². The van der Waals surface area contributed by atoms with Gasteiger partial charge in [-0.1, -0.05) is 37.3 Å². The zero-order valence-electron chi connectivity index (χ0n) is 14.9. The second-order valence-electron chi connectivity index (χ2n) is 5.74. The van der Waals surface area contributed by atoms with Gasteiger partial charge < -0.3 is 15.0 Å². The number of rotatable bonds is 11. The highest BCUT2D eigenvalue weighted by atomic mass is 32.1. The molecular weight excluding hydrogens is 336 g/mol. The minimum Gasteiger partial charge on any atom is -0.383 e. The zero-order valence-corrected chi connectivity index (χ0v) is 15.7. The fourth-order valence-corrected chi connectivity index (χ4v) is 3.05. The smallest absolute Gasteiger partial charge is 0.221 e. The van der Waals surface area contributed by atoms with E-state index in [2.05, 4.69) is 31.7 Å². The number of carbonyl (C=O) groups excluding carboxylic acids is 1. The van der Waals surface area contributed by atoms with Crippen molar-refractivity contribution in [3.8, 4) is 0 Å². The summed E-state index contributed by atoms with van der Waals surface area (Å²) in [5.41, 5.74) is 1.19. The Balaban J connectivity index is 1.96. The quantitative estimate of drug-likeness (QED) is 0.665. The monoisotopic (exact) mass is 362 g/mol. The van der Waals surface area contributed by atoms with Crippen LogP contribution >= 0.6 is 11.5 Å².